The van der Waals surface area contributed by atoms with Gasteiger partial charge in [0.05, 0.1) is 6.26 Å². The minimum absolute atomic E-state index is 0.0726. The monoisotopic (exact) mass is 374 g/mol. The third kappa shape index (κ3) is 6.77. The van der Waals surface area contributed by atoms with Gasteiger partial charge in [0.1, 0.15) is 5.76 Å². The molecule has 0 aliphatic rings. The molecule has 0 fully saturated rings. The molecule has 0 saturated heterocycles. The fourth-order valence-electron chi connectivity index (χ4n) is 1.51. The second kappa shape index (κ2) is 7.90. The molecule has 2 aromatic rings. The van der Waals surface area contributed by atoms with Crippen molar-refractivity contribution in [2.24, 2.45) is 16.5 Å². The largest absolute Gasteiger partial charge is 0.441 e. The van der Waals surface area contributed by atoms with Crippen LogP contribution >= 0.6 is 11.6 Å². The van der Waals surface area contributed by atoms with Gasteiger partial charge < -0.3 is 15.9 Å². The van der Waals surface area contributed by atoms with Crippen molar-refractivity contribution in [2.45, 2.75) is 6.92 Å². The van der Waals surface area contributed by atoms with E-state index in [1.54, 1.807) is 31.2 Å². The van der Waals surface area contributed by atoms with Gasteiger partial charge in [-0.3, -0.25) is 9.35 Å². The first-order valence-electron chi connectivity index (χ1n) is 6.27. The molecule has 1 heterocycles. The van der Waals surface area contributed by atoms with Crippen LogP contribution in [0.5, 0.6) is 0 Å². The number of carbonyl (C=O) groups excluding carboxylic acids is 1. The maximum absolute atomic E-state index is 11.7. The summed E-state index contributed by atoms with van der Waals surface area (Å²) in [6.45, 7) is 1.61. The van der Waals surface area contributed by atoms with Gasteiger partial charge in [0, 0.05) is 10.6 Å². The smallest absolute Gasteiger partial charge is 0.302 e. The Morgan fingerprint density at radius 3 is 2.46 bits per heavy atom. The van der Waals surface area contributed by atoms with E-state index in [4.69, 9.17) is 32.0 Å². The Balaban J connectivity index is 0.000000505. The molecule has 0 radical (unpaired) electrons. The van der Waals surface area contributed by atoms with Crippen molar-refractivity contribution < 1.29 is 22.2 Å². The number of carbonyl (C=O) groups is 1. The van der Waals surface area contributed by atoms with Gasteiger partial charge in [0.15, 0.2) is 11.7 Å². The highest BCUT2D eigenvalue weighted by atomic mass is 35.5. The third-order valence-corrected chi connectivity index (χ3v) is 2.54. The Kier molecular flexibility index (Phi) is 6.46. The maximum atomic E-state index is 11.7. The number of rotatable bonds is 2. The van der Waals surface area contributed by atoms with Crippen molar-refractivity contribution in [3.8, 4) is 11.5 Å². The molecule has 1 aromatic heterocycles. The number of benzene rings is 1. The van der Waals surface area contributed by atoms with Gasteiger partial charge in [-0.05, 0) is 25.1 Å². The van der Waals surface area contributed by atoms with E-state index >= 15 is 0 Å². The summed E-state index contributed by atoms with van der Waals surface area (Å²) in [6.07, 6.45) is 0.715. The molecule has 0 saturated carbocycles. The van der Waals surface area contributed by atoms with Crippen LogP contribution in [0.2, 0.25) is 5.02 Å². The van der Waals surface area contributed by atoms with Crippen molar-refractivity contribution in [3.05, 3.63) is 40.7 Å². The molecule has 11 heteroatoms. The first kappa shape index (κ1) is 19.6. The Labute approximate surface area is 143 Å². The number of nitrogens with two attached hydrogens (primary N) is 2. The zero-order valence-electron chi connectivity index (χ0n) is 12.7. The number of nitrogens with zero attached hydrogens (tertiary/aromatic N) is 2. The lowest BCUT2D eigenvalue weighted by molar-refractivity contribution is 0.0997. The lowest BCUT2D eigenvalue weighted by Crippen LogP contribution is -2.24. The second-order valence-corrected chi connectivity index (χ2v) is 6.41. The Morgan fingerprint density at radius 1 is 1.38 bits per heavy atom. The standard InChI is InChI=1S/C12H11ClN4O2.CH4O3S/c1-6-9(10(18)17-12(14)15)16-11(19-6)7-3-2-4-8(13)5-7;1-5(2,3)4/h2-5H,1H3,(H4,14,15,17,18);1H3,(H,2,3,4). The highest BCUT2D eigenvalue weighted by Crippen LogP contribution is 2.24. The van der Waals surface area contributed by atoms with Crippen LogP contribution in [0.4, 0.5) is 0 Å². The van der Waals surface area contributed by atoms with Crippen molar-refractivity contribution >= 4 is 33.6 Å². The Bertz CT molecular complexity index is 864. The fraction of sp³-hybridized carbons (Fsp3) is 0.154. The average molecular weight is 375 g/mol. The average Bonchev–Trinajstić information content (AvgIpc) is 2.78. The summed E-state index contributed by atoms with van der Waals surface area (Å²) in [5.41, 5.74) is 11.0. The number of hydrogen-bond donors (Lipinski definition) is 3. The van der Waals surface area contributed by atoms with Gasteiger partial charge in [-0.1, -0.05) is 17.7 Å². The van der Waals surface area contributed by atoms with Gasteiger partial charge in [0.2, 0.25) is 5.89 Å². The minimum atomic E-state index is -3.67. The third-order valence-electron chi connectivity index (χ3n) is 2.30. The lowest BCUT2D eigenvalue weighted by Gasteiger charge is -1.94. The Hall–Kier alpha value is -2.43. The summed E-state index contributed by atoms with van der Waals surface area (Å²) in [4.78, 5) is 19.2. The molecule has 1 aromatic carbocycles. The van der Waals surface area contributed by atoms with Crippen molar-refractivity contribution in [3.63, 3.8) is 0 Å². The number of aliphatic imine (C=N–C) groups is 1. The first-order chi connectivity index (χ1) is 11.0. The molecule has 0 aliphatic heterocycles. The fourth-order valence-corrected chi connectivity index (χ4v) is 1.70. The van der Waals surface area contributed by atoms with Crippen molar-refractivity contribution in [1.29, 1.82) is 0 Å². The summed E-state index contributed by atoms with van der Waals surface area (Å²) in [5, 5.41) is 0.547. The number of aryl methyl sites for hydroxylation is 1. The van der Waals surface area contributed by atoms with E-state index in [-0.39, 0.29) is 17.5 Å². The van der Waals surface area contributed by atoms with Crippen LogP contribution in [0.25, 0.3) is 11.5 Å². The molecule has 130 valence electrons. The molecule has 0 spiro atoms. The topological polar surface area (TPSA) is 162 Å². The summed E-state index contributed by atoms with van der Waals surface area (Å²) in [5.74, 6) is -0.342. The van der Waals surface area contributed by atoms with E-state index in [1.165, 1.54) is 0 Å². The van der Waals surface area contributed by atoms with E-state index in [2.05, 4.69) is 9.98 Å². The van der Waals surface area contributed by atoms with Crippen LogP contribution in [0.3, 0.4) is 0 Å². The molecule has 0 unspecified atom stereocenters. The van der Waals surface area contributed by atoms with Crippen LogP contribution in [-0.2, 0) is 10.1 Å². The Morgan fingerprint density at radius 2 is 1.96 bits per heavy atom. The van der Waals surface area contributed by atoms with Gasteiger partial charge in [0.25, 0.3) is 10.1 Å². The zero-order chi connectivity index (χ0) is 18.5. The van der Waals surface area contributed by atoms with Crippen molar-refractivity contribution in [1.82, 2.24) is 4.98 Å². The van der Waals surface area contributed by atoms with Crippen molar-refractivity contribution in [2.75, 3.05) is 6.26 Å². The van der Waals surface area contributed by atoms with Crippen LogP contribution in [0, 0.1) is 6.92 Å². The molecule has 5 N–H and O–H groups in total. The lowest BCUT2D eigenvalue weighted by atomic mass is 10.2. The van der Waals surface area contributed by atoms with E-state index in [0.717, 1.165) is 0 Å². The summed E-state index contributed by atoms with van der Waals surface area (Å²) in [6, 6.07) is 6.94. The van der Waals surface area contributed by atoms with Crippen LogP contribution in [-0.4, -0.2) is 36.1 Å². The van der Waals surface area contributed by atoms with E-state index in [0.29, 0.717) is 22.6 Å². The maximum Gasteiger partial charge on any atom is 0.302 e. The number of halogens is 1. The number of aromatic nitrogens is 1. The van der Waals surface area contributed by atoms with Crippen LogP contribution in [0.15, 0.2) is 33.7 Å². The first-order valence-corrected chi connectivity index (χ1v) is 8.49. The molecule has 1 amide bonds. The predicted molar refractivity (Wildman–Crippen MR) is 89.3 cm³/mol. The van der Waals surface area contributed by atoms with E-state index in [9.17, 15) is 13.2 Å². The number of oxazole rings is 1. The second-order valence-electron chi connectivity index (χ2n) is 4.51. The molecular weight excluding hydrogens is 360 g/mol. The molecule has 24 heavy (non-hydrogen) atoms. The van der Waals surface area contributed by atoms with Crippen LogP contribution < -0.4 is 11.5 Å². The normalized spacial score (nSPS) is 10.5. The molecule has 2 rings (SSSR count). The molecule has 0 atom stereocenters. The van der Waals surface area contributed by atoms with Gasteiger partial charge in [-0.15, -0.1) is 0 Å². The minimum Gasteiger partial charge on any atom is -0.441 e. The summed E-state index contributed by atoms with van der Waals surface area (Å²) >= 11 is 5.88. The van der Waals surface area contributed by atoms with Gasteiger partial charge >= 0.3 is 5.91 Å². The molecule has 0 aliphatic carbocycles. The number of amides is 1. The van der Waals surface area contributed by atoms with Crippen LogP contribution in [0.1, 0.15) is 16.2 Å². The van der Waals surface area contributed by atoms with Gasteiger partial charge in [-0.25, -0.2) is 4.98 Å². The molecule has 0 bridgehead atoms. The zero-order valence-corrected chi connectivity index (χ0v) is 14.3. The number of guanidine groups is 1. The summed E-state index contributed by atoms with van der Waals surface area (Å²) in [7, 11) is -3.67. The van der Waals surface area contributed by atoms with Gasteiger partial charge in [-0.2, -0.15) is 13.4 Å². The van der Waals surface area contributed by atoms with E-state index in [1.807, 2.05) is 0 Å². The summed E-state index contributed by atoms with van der Waals surface area (Å²) < 4.78 is 31.3. The quantitative estimate of drug-likeness (QED) is 0.401. The highest BCUT2D eigenvalue weighted by Gasteiger charge is 2.17. The SMILES string of the molecule is CS(=O)(=O)O.Cc1oc(-c2cccc(Cl)c2)nc1C(=O)N=C(N)N. The molecule has 9 nitrogen and oxygen atoms in total. The number of hydrogen-bond acceptors (Lipinski definition) is 5. The highest BCUT2D eigenvalue weighted by molar-refractivity contribution is 7.85. The van der Waals surface area contributed by atoms with E-state index < -0.39 is 16.0 Å². The molecular formula is C13H15ClN4O5S. The predicted octanol–water partition coefficient (Wildman–Crippen LogP) is 1.22.